The molecule has 0 radical (unpaired) electrons. The SMILES string of the molecule is CN1CCC(C#N)(NC(=O)[C@H](CC2CCc3ccccc32)OC(=O)N2CCOCC2)CC1. The first-order valence-corrected chi connectivity index (χ1v) is 11.5. The Morgan fingerprint density at radius 3 is 2.69 bits per heavy atom. The summed E-state index contributed by atoms with van der Waals surface area (Å²) in [6, 6.07) is 10.6. The third-order valence-electron chi connectivity index (χ3n) is 6.98. The van der Waals surface area contributed by atoms with E-state index in [0.717, 1.165) is 25.9 Å². The van der Waals surface area contributed by atoms with Crippen LogP contribution in [-0.4, -0.2) is 79.9 Å². The summed E-state index contributed by atoms with van der Waals surface area (Å²) in [4.78, 5) is 29.9. The number of ether oxygens (including phenoxy) is 2. The highest BCUT2D eigenvalue weighted by atomic mass is 16.6. The van der Waals surface area contributed by atoms with Gasteiger partial charge < -0.3 is 24.6 Å². The number of amides is 2. The van der Waals surface area contributed by atoms with E-state index >= 15 is 0 Å². The number of hydrogen-bond acceptors (Lipinski definition) is 6. The molecule has 2 saturated heterocycles. The number of rotatable bonds is 5. The number of benzene rings is 1. The molecule has 0 bridgehead atoms. The van der Waals surface area contributed by atoms with Gasteiger partial charge in [-0.15, -0.1) is 0 Å². The van der Waals surface area contributed by atoms with Crippen molar-refractivity contribution in [1.82, 2.24) is 15.1 Å². The minimum absolute atomic E-state index is 0.148. The maximum Gasteiger partial charge on any atom is 0.410 e. The summed E-state index contributed by atoms with van der Waals surface area (Å²) in [5.74, 6) is -0.225. The first-order valence-electron chi connectivity index (χ1n) is 11.5. The molecule has 2 heterocycles. The minimum Gasteiger partial charge on any atom is -0.436 e. The molecule has 2 aliphatic heterocycles. The second-order valence-corrected chi connectivity index (χ2v) is 9.13. The molecule has 0 saturated carbocycles. The molecule has 0 aromatic heterocycles. The molecule has 2 atom stereocenters. The highest BCUT2D eigenvalue weighted by Crippen LogP contribution is 2.37. The summed E-state index contributed by atoms with van der Waals surface area (Å²) < 4.78 is 11.1. The summed E-state index contributed by atoms with van der Waals surface area (Å²) in [6.45, 7) is 3.31. The van der Waals surface area contributed by atoms with Crippen LogP contribution in [0.3, 0.4) is 0 Å². The largest absolute Gasteiger partial charge is 0.436 e. The van der Waals surface area contributed by atoms with Crippen LogP contribution >= 0.6 is 0 Å². The molecule has 2 fully saturated rings. The highest BCUT2D eigenvalue weighted by Gasteiger charge is 2.39. The molecule has 32 heavy (non-hydrogen) atoms. The Kier molecular flexibility index (Phi) is 6.97. The van der Waals surface area contributed by atoms with E-state index in [4.69, 9.17) is 9.47 Å². The van der Waals surface area contributed by atoms with Crippen molar-refractivity contribution in [3.8, 4) is 6.07 Å². The smallest absolute Gasteiger partial charge is 0.410 e. The summed E-state index contributed by atoms with van der Waals surface area (Å²) in [5, 5.41) is 12.8. The number of nitrogens with one attached hydrogen (secondary N) is 1. The summed E-state index contributed by atoms with van der Waals surface area (Å²) >= 11 is 0. The maximum absolute atomic E-state index is 13.4. The number of likely N-dealkylation sites (tertiary alicyclic amines) is 1. The van der Waals surface area contributed by atoms with Crippen LogP contribution < -0.4 is 5.32 Å². The van der Waals surface area contributed by atoms with Gasteiger partial charge in [-0.25, -0.2) is 4.79 Å². The highest BCUT2D eigenvalue weighted by molar-refractivity contribution is 5.84. The molecule has 8 nitrogen and oxygen atoms in total. The fourth-order valence-corrected chi connectivity index (χ4v) is 4.88. The van der Waals surface area contributed by atoms with Gasteiger partial charge in [-0.05, 0) is 49.8 Å². The number of nitriles is 1. The molecule has 3 aliphatic rings. The summed E-state index contributed by atoms with van der Waals surface area (Å²) in [7, 11) is 2.01. The van der Waals surface area contributed by atoms with Crippen molar-refractivity contribution in [1.29, 1.82) is 5.26 Å². The molecular weight excluding hydrogens is 408 g/mol. The Labute approximate surface area is 189 Å². The van der Waals surface area contributed by atoms with Crippen LogP contribution in [0.5, 0.6) is 0 Å². The van der Waals surface area contributed by atoms with E-state index in [9.17, 15) is 14.9 Å². The Balaban J connectivity index is 1.49. The van der Waals surface area contributed by atoms with Gasteiger partial charge in [-0.2, -0.15) is 5.26 Å². The van der Waals surface area contributed by atoms with Gasteiger partial charge in [0.2, 0.25) is 0 Å². The van der Waals surface area contributed by atoms with Gasteiger partial charge in [0.25, 0.3) is 5.91 Å². The summed E-state index contributed by atoms with van der Waals surface area (Å²) in [5.41, 5.74) is 1.60. The zero-order valence-corrected chi connectivity index (χ0v) is 18.7. The number of nitrogens with zero attached hydrogens (tertiary/aromatic N) is 3. The van der Waals surface area contributed by atoms with Crippen LogP contribution in [0.4, 0.5) is 4.79 Å². The molecule has 1 N–H and O–H groups in total. The van der Waals surface area contributed by atoms with E-state index < -0.39 is 17.7 Å². The second kappa shape index (κ2) is 9.88. The molecule has 172 valence electrons. The summed E-state index contributed by atoms with van der Waals surface area (Å²) in [6.07, 6.45) is 1.98. The maximum atomic E-state index is 13.4. The van der Waals surface area contributed by atoms with Crippen molar-refractivity contribution in [3.05, 3.63) is 35.4 Å². The van der Waals surface area contributed by atoms with Gasteiger partial charge >= 0.3 is 6.09 Å². The lowest BCUT2D eigenvalue weighted by atomic mass is 9.88. The second-order valence-electron chi connectivity index (χ2n) is 9.13. The van der Waals surface area contributed by atoms with Gasteiger partial charge in [0.05, 0.1) is 19.3 Å². The Morgan fingerprint density at radius 2 is 1.97 bits per heavy atom. The average Bonchev–Trinajstić information content (AvgIpc) is 3.23. The number of carbonyl (C=O) groups is 2. The van der Waals surface area contributed by atoms with Gasteiger partial charge in [0.15, 0.2) is 6.10 Å². The van der Waals surface area contributed by atoms with Crippen molar-refractivity contribution >= 4 is 12.0 Å². The Morgan fingerprint density at radius 1 is 1.25 bits per heavy atom. The van der Waals surface area contributed by atoms with Crippen molar-refractivity contribution in [2.24, 2.45) is 0 Å². The first kappa shape index (κ1) is 22.6. The van der Waals surface area contributed by atoms with Crippen molar-refractivity contribution in [3.63, 3.8) is 0 Å². The number of piperidine rings is 1. The first-order chi connectivity index (χ1) is 15.5. The van der Waals surface area contributed by atoms with E-state index in [2.05, 4.69) is 28.4 Å². The fraction of sp³-hybridized carbons (Fsp3) is 0.625. The van der Waals surface area contributed by atoms with E-state index in [-0.39, 0.29) is 11.8 Å². The van der Waals surface area contributed by atoms with E-state index in [1.54, 1.807) is 4.90 Å². The zero-order chi connectivity index (χ0) is 22.6. The van der Waals surface area contributed by atoms with E-state index in [1.165, 1.54) is 11.1 Å². The molecular formula is C24H32N4O4. The number of carbonyl (C=O) groups excluding carboxylic acids is 2. The monoisotopic (exact) mass is 440 g/mol. The molecule has 2 amide bonds. The topological polar surface area (TPSA) is 94.9 Å². The molecule has 8 heteroatoms. The van der Waals surface area contributed by atoms with Crippen LogP contribution in [0.25, 0.3) is 0 Å². The lowest BCUT2D eigenvalue weighted by Crippen LogP contribution is -2.57. The van der Waals surface area contributed by atoms with Gasteiger partial charge in [-0.3, -0.25) is 4.79 Å². The predicted molar refractivity (Wildman–Crippen MR) is 118 cm³/mol. The van der Waals surface area contributed by atoms with Crippen LogP contribution in [0.15, 0.2) is 24.3 Å². The van der Waals surface area contributed by atoms with Gasteiger partial charge in [0.1, 0.15) is 5.54 Å². The molecule has 4 rings (SSSR count). The number of fused-ring (bicyclic) bond motifs is 1. The van der Waals surface area contributed by atoms with E-state index in [0.29, 0.717) is 45.6 Å². The van der Waals surface area contributed by atoms with E-state index in [1.807, 2.05) is 19.2 Å². The third kappa shape index (κ3) is 5.05. The zero-order valence-electron chi connectivity index (χ0n) is 18.7. The normalized spacial score (nSPS) is 23.6. The Bertz CT molecular complexity index is 869. The lowest BCUT2D eigenvalue weighted by molar-refractivity contribution is -0.132. The fourth-order valence-electron chi connectivity index (χ4n) is 4.88. The molecule has 1 aromatic carbocycles. The molecule has 1 unspecified atom stereocenters. The Hall–Kier alpha value is -2.63. The molecule has 1 aliphatic carbocycles. The molecule has 1 aromatic rings. The van der Waals surface area contributed by atoms with Crippen LogP contribution in [0.2, 0.25) is 0 Å². The van der Waals surface area contributed by atoms with Crippen molar-refractivity contribution in [2.75, 3.05) is 46.4 Å². The predicted octanol–water partition coefficient (Wildman–Crippen LogP) is 2.05. The van der Waals surface area contributed by atoms with Crippen molar-refractivity contribution < 1.29 is 19.1 Å². The number of hydrogen-bond donors (Lipinski definition) is 1. The number of morpholine rings is 1. The van der Waals surface area contributed by atoms with Gasteiger partial charge in [-0.1, -0.05) is 24.3 Å². The average molecular weight is 441 g/mol. The van der Waals surface area contributed by atoms with Crippen LogP contribution in [0, 0.1) is 11.3 Å². The van der Waals surface area contributed by atoms with Crippen LogP contribution in [-0.2, 0) is 20.7 Å². The van der Waals surface area contributed by atoms with Crippen LogP contribution in [0.1, 0.15) is 42.7 Å². The standard InChI is InChI=1S/C24H32N4O4/c1-27-10-8-24(17-25,9-11-27)26-22(29)21(32-23(30)28-12-14-31-15-13-28)16-19-7-6-18-4-2-3-5-20(18)19/h2-5,19,21H,6-16H2,1H3,(H,26,29)/t19?,21-/m0/s1. The van der Waals surface area contributed by atoms with Crippen molar-refractivity contribution in [2.45, 2.75) is 49.7 Å². The third-order valence-corrected chi connectivity index (χ3v) is 6.98. The lowest BCUT2D eigenvalue weighted by Gasteiger charge is -2.37. The number of aryl methyl sites for hydroxylation is 1. The molecule has 0 spiro atoms. The van der Waals surface area contributed by atoms with Gasteiger partial charge in [0, 0.05) is 32.6 Å². The minimum atomic E-state index is -0.939. The quantitative estimate of drug-likeness (QED) is 0.753.